The number of sulfonamides is 1. The number of carbonyl (C=O) groups excluding carboxylic acids is 2. The summed E-state index contributed by atoms with van der Waals surface area (Å²) in [7, 11) is -3.84. The summed E-state index contributed by atoms with van der Waals surface area (Å²) in [6.45, 7) is 2.29. The molecule has 1 saturated heterocycles. The Bertz CT molecular complexity index is 1130. The van der Waals surface area contributed by atoms with E-state index < -0.39 is 27.9 Å². The average Bonchev–Trinajstić information content (AvgIpc) is 2.78. The van der Waals surface area contributed by atoms with Gasteiger partial charge in [0.15, 0.2) is 6.10 Å². The monoisotopic (exact) mass is 447 g/mol. The molecule has 8 nitrogen and oxygen atoms in total. The summed E-state index contributed by atoms with van der Waals surface area (Å²) in [4.78, 5) is 26.1. The second-order valence-electron chi connectivity index (χ2n) is 7.34. The molecule has 0 bridgehead atoms. The third-order valence-electron chi connectivity index (χ3n) is 5.41. The predicted molar refractivity (Wildman–Crippen MR) is 111 cm³/mol. The number of anilines is 1. The minimum absolute atomic E-state index is 0.0268. The summed E-state index contributed by atoms with van der Waals surface area (Å²) in [6, 6.07) is 10.1. The van der Waals surface area contributed by atoms with Gasteiger partial charge in [0.25, 0.3) is 11.8 Å². The second kappa shape index (κ2) is 8.27. The molecule has 0 saturated carbocycles. The highest BCUT2D eigenvalue weighted by Gasteiger charge is 2.33. The summed E-state index contributed by atoms with van der Waals surface area (Å²) in [5, 5.41) is 2.69. The Morgan fingerprint density at radius 1 is 1.16 bits per heavy atom. The highest BCUT2D eigenvalue weighted by molar-refractivity contribution is 7.89. The van der Waals surface area contributed by atoms with Crippen molar-refractivity contribution in [3.8, 4) is 5.75 Å². The first-order valence-electron chi connectivity index (χ1n) is 9.97. The Hall–Kier alpha value is -2.98. The number of piperazine rings is 1. The van der Waals surface area contributed by atoms with E-state index in [1.807, 2.05) is 6.92 Å². The van der Waals surface area contributed by atoms with Gasteiger partial charge in [0.05, 0.1) is 16.1 Å². The van der Waals surface area contributed by atoms with Gasteiger partial charge in [-0.05, 0) is 36.8 Å². The third kappa shape index (κ3) is 4.00. The maximum Gasteiger partial charge on any atom is 0.265 e. The topological polar surface area (TPSA) is 96.0 Å². The first-order valence-corrected chi connectivity index (χ1v) is 11.4. The maximum atomic E-state index is 13.9. The van der Waals surface area contributed by atoms with Crippen LogP contribution in [-0.4, -0.2) is 61.7 Å². The molecule has 1 N–H and O–H groups in total. The molecule has 1 fully saturated rings. The van der Waals surface area contributed by atoms with Gasteiger partial charge in [0.2, 0.25) is 10.0 Å². The number of hydrogen-bond acceptors (Lipinski definition) is 5. The van der Waals surface area contributed by atoms with E-state index in [2.05, 4.69) is 5.32 Å². The lowest BCUT2D eigenvalue weighted by Crippen LogP contribution is -2.50. The largest absolute Gasteiger partial charge is 0.478 e. The molecular weight excluding hydrogens is 425 g/mol. The zero-order valence-corrected chi connectivity index (χ0v) is 17.7. The summed E-state index contributed by atoms with van der Waals surface area (Å²) in [6.07, 6.45) is -0.101. The quantitative estimate of drug-likeness (QED) is 0.774. The molecule has 2 aliphatic heterocycles. The Labute approximate surface area is 179 Å². The molecule has 2 aliphatic rings. The fraction of sp³-hybridized carbons (Fsp3) is 0.333. The van der Waals surface area contributed by atoms with Gasteiger partial charge >= 0.3 is 0 Å². The standard InChI is InChI=1S/C21H22FN3O5S/c1-2-18-20(26)23-17-13-14(7-8-19(17)30-18)31(28,29)25-11-9-24(10-12-25)21(27)15-5-3-4-6-16(15)22/h3-8,13,18H,2,9-12H2,1H3,(H,23,26). The van der Waals surface area contributed by atoms with Crippen LogP contribution in [0.25, 0.3) is 0 Å². The molecule has 0 aliphatic carbocycles. The van der Waals surface area contributed by atoms with Crippen LogP contribution in [0.2, 0.25) is 0 Å². The Kier molecular flexibility index (Phi) is 5.67. The normalized spacial score (nSPS) is 19.4. The predicted octanol–water partition coefficient (Wildman–Crippen LogP) is 2.08. The molecule has 2 heterocycles. The van der Waals surface area contributed by atoms with Gasteiger partial charge in [-0.25, -0.2) is 12.8 Å². The third-order valence-corrected chi connectivity index (χ3v) is 7.30. The van der Waals surface area contributed by atoms with Crippen LogP contribution in [0.3, 0.4) is 0 Å². The van der Waals surface area contributed by atoms with Crippen molar-refractivity contribution in [3.05, 3.63) is 53.8 Å². The van der Waals surface area contributed by atoms with Crippen LogP contribution in [0.1, 0.15) is 23.7 Å². The first kappa shape index (κ1) is 21.3. The first-order chi connectivity index (χ1) is 14.8. The van der Waals surface area contributed by atoms with E-state index in [9.17, 15) is 22.4 Å². The molecule has 0 spiro atoms. The highest BCUT2D eigenvalue weighted by atomic mass is 32.2. The lowest BCUT2D eigenvalue weighted by Gasteiger charge is -2.34. The van der Waals surface area contributed by atoms with Crippen LogP contribution in [0.5, 0.6) is 5.75 Å². The molecule has 4 rings (SSSR count). The summed E-state index contributed by atoms with van der Waals surface area (Å²) in [5.41, 5.74) is 0.277. The number of nitrogens with one attached hydrogen (secondary N) is 1. The summed E-state index contributed by atoms with van der Waals surface area (Å²) < 4.78 is 47.0. The number of carbonyl (C=O) groups is 2. The van der Waals surface area contributed by atoms with E-state index in [0.29, 0.717) is 17.9 Å². The second-order valence-corrected chi connectivity index (χ2v) is 9.28. The lowest BCUT2D eigenvalue weighted by molar-refractivity contribution is -0.123. The summed E-state index contributed by atoms with van der Waals surface area (Å²) in [5.74, 6) is -0.962. The molecule has 1 unspecified atom stereocenters. The number of ether oxygens (including phenoxy) is 1. The van der Waals surface area contributed by atoms with Crippen LogP contribution in [0.4, 0.5) is 10.1 Å². The number of hydrogen-bond donors (Lipinski definition) is 1. The number of halogens is 1. The van der Waals surface area contributed by atoms with Crippen LogP contribution < -0.4 is 10.1 Å². The van der Waals surface area contributed by atoms with Crippen molar-refractivity contribution in [2.75, 3.05) is 31.5 Å². The number of fused-ring (bicyclic) bond motifs is 1. The molecule has 164 valence electrons. The minimum atomic E-state index is -3.84. The van der Waals surface area contributed by atoms with Crippen molar-refractivity contribution < 1.29 is 27.1 Å². The summed E-state index contributed by atoms with van der Waals surface area (Å²) >= 11 is 0. The zero-order valence-electron chi connectivity index (χ0n) is 16.9. The Morgan fingerprint density at radius 3 is 2.55 bits per heavy atom. The van der Waals surface area contributed by atoms with E-state index in [1.54, 1.807) is 6.07 Å². The minimum Gasteiger partial charge on any atom is -0.478 e. The maximum absolute atomic E-state index is 13.9. The fourth-order valence-electron chi connectivity index (χ4n) is 3.64. The molecule has 0 radical (unpaired) electrons. The van der Waals surface area contributed by atoms with Gasteiger partial charge in [0, 0.05) is 26.2 Å². The van der Waals surface area contributed by atoms with Crippen molar-refractivity contribution in [2.45, 2.75) is 24.3 Å². The van der Waals surface area contributed by atoms with E-state index in [4.69, 9.17) is 4.74 Å². The van der Waals surface area contributed by atoms with Crippen molar-refractivity contribution >= 4 is 27.5 Å². The van der Waals surface area contributed by atoms with E-state index in [1.165, 1.54) is 45.6 Å². The van der Waals surface area contributed by atoms with Crippen LogP contribution >= 0.6 is 0 Å². The molecule has 2 aromatic rings. The number of nitrogens with zero attached hydrogens (tertiary/aromatic N) is 2. The van der Waals surface area contributed by atoms with Crippen molar-refractivity contribution in [1.82, 2.24) is 9.21 Å². The number of benzene rings is 2. The van der Waals surface area contributed by atoms with Gasteiger partial charge < -0.3 is 15.0 Å². The van der Waals surface area contributed by atoms with Gasteiger partial charge in [-0.3, -0.25) is 9.59 Å². The van der Waals surface area contributed by atoms with E-state index >= 15 is 0 Å². The SMILES string of the molecule is CCC1Oc2ccc(S(=O)(=O)N3CCN(C(=O)c4ccccc4F)CC3)cc2NC1=O. The van der Waals surface area contributed by atoms with E-state index in [0.717, 1.165) is 0 Å². The molecule has 1 atom stereocenters. The van der Waals surface area contributed by atoms with Crippen molar-refractivity contribution in [2.24, 2.45) is 0 Å². The molecule has 10 heteroatoms. The van der Waals surface area contributed by atoms with Crippen LogP contribution in [0, 0.1) is 5.82 Å². The lowest BCUT2D eigenvalue weighted by atomic mass is 10.1. The van der Waals surface area contributed by atoms with Gasteiger partial charge in [0.1, 0.15) is 11.6 Å². The fourth-order valence-corrected chi connectivity index (χ4v) is 5.09. The molecular formula is C21H22FN3O5S. The van der Waals surface area contributed by atoms with Crippen molar-refractivity contribution in [3.63, 3.8) is 0 Å². The molecule has 31 heavy (non-hydrogen) atoms. The number of amides is 2. The molecule has 0 aromatic heterocycles. The van der Waals surface area contributed by atoms with Gasteiger partial charge in [-0.15, -0.1) is 0 Å². The zero-order chi connectivity index (χ0) is 22.2. The smallest absolute Gasteiger partial charge is 0.265 e. The average molecular weight is 447 g/mol. The van der Waals surface area contributed by atoms with Crippen LogP contribution in [0.15, 0.2) is 47.4 Å². The Balaban J connectivity index is 1.47. The highest BCUT2D eigenvalue weighted by Crippen LogP contribution is 2.33. The number of rotatable bonds is 4. The van der Waals surface area contributed by atoms with Gasteiger partial charge in [-0.2, -0.15) is 4.31 Å². The van der Waals surface area contributed by atoms with Crippen LogP contribution in [-0.2, 0) is 14.8 Å². The van der Waals surface area contributed by atoms with Gasteiger partial charge in [-0.1, -0.05) is 19.1 Å². The molecule has 2 amide bonds. The van der Waals surface area contributed by atoms with E-state index in [-0.39, 0.29) is 42.5 Å². The van der Waals surface area contributed by atoms with Crippen molar-refractivity contribution in [1.29, 1.82) is 0 Å². The molecule has 2 aromatic carbocycles. The Morgan fingerprint density at radius 2 is 1.87 bits per heavy atom.